The Labute approximate surface area is 80.0 Å². The first-order chi connectivity index (χ1) is 6.09. The molecule has 1 fully saturated rings. The molecule has 78 valence electrons. The summed E-state index contributed by atoms with van der Waals surface area (Å²) in [5.74, 6) is 0.205. The van der Waals surface area contributed by atoms with Crippen molar-refractivity contribution in [2.75, 3.05) is 20.3 Å². The van der Waals surface area contributed by atoms with E-state index in [0.717, 1.165) is 19.4 Å². The molecule has 3 heteroatoms. The number of hydrogen-bond acceptors (Lipinski definition) is 3. The lowest BCUT2D eigenvalue weighted by Crippen LogP contribution is -2.48. The summed E-state index contributed by atoms with van der Waals surface area (Å²) < 4.78 is 10.5. The van der Waals surface area contributed by atoms with Gasteiger partial charge in [-0.15, -0.1) is 0 Å². The van der Waals surface area contributed by atoms with Crippen molar-refractivity contribution in [1.82, 2.24) is 0 Å². The average molecular weight is 188 g/mol. The van der Waals surface area contributed by atoms with Crippen LogP contribution in [0.15, 0.2) is 0 Å². The minimum Gasteiger partial charge on any atom is -0.387 e. The fourth-order valence-electron chi connectivity index (χ4n) is 1.77. The van der Waals surface area contributed by atoms with E-state index < -0.39 is 5.60 Å². The summed E-state index contributed by atoms with van der Waals surface area (Å²) in [5.41, 5.74) is -0.769. The highest BCUT2D eigenvalue weighted by molar-refractivity contribution is 4.88. The molecule has 1 aliphatic rings. The molecule has 3 unspecified atom stereocenters. The third-order valence-corrected chi connectivity index (χ3v) is 3.16. The van der Waals surface area contributed by atoms with Crippen LogP contribution in [0.1, 0.15) is 26.7 Å². The van der Waals surface area contributed by atoms with E-state index in [9.17, 15) is 5.11 Å². The van der Waals surface area contributed by atoms with Gasteiger partial charge in [-0.1, -0.05) is 0 Å². The summed E-state index contributed by atoms with van der Waals surface area (Å²) in [5, 5.41) is 10.2. The second kappa shape index (κ2) is 4.40. The van der Waals surface area contributed by atoms with Crippen LogP contribution in [0.5, 0.6) is 0 Å². The molecule has 1 rings (SSSR count). The van der Waals surface area contributed by atoms with E-state index in [1.165, 1.54) is 0 Å². The van der Waals surface area contributed by atoms with Crippen molar-refractivity contribution in [3.8, 4) is 0 Å². The first kappa shape index (κ1) is 11.0. The SMILES string of the molecule is COC(C)C(C)(O)C1CCCOC1. The summed E-state index contributed by atoms with van der Waals surface area (Å²) in [7, 11) is 1.63. The van der Waals surface area contributed by atoms with Gasteiger partial charge < -0.3 is 14.6 Å². The van der Waals surface area contributed by atoms with E-state index >= 15 is 0 Å². The van der Waals surface area contributed by atoms with Crippen LogP contribution in [0.3, 0.4) is 0 Å². The lowest BCUT2D eigenvalue weighted by molar-refractivity contribution is -0.137. The van der Waals surface area contributed by atoms with Crippen LogP contribution in [-0.4, -0.2) is 37.1 Å². The van der Waals surface area contributed by atoms with E-state index in [2.05, 4.69) is 0 Å². The molecule has 0 bridgehead atoms. The van der Waals surface area contributed by atoms with Crippen molar-refractivity contribution in [1.29, 1.82) is 0 Å². The van der Waals surface area contributed by atoms with Crippen molar-refractivity contribution in [2.45, 2.75) is 38.4 Å². The average Bonchev–Trinajstić information content (AvgIpc) is 2.18. The predicted octanol–water partition coefficient (Wildman–Crippen LogP) is 1.20. The fraction of sp³-hybridized carbons (Fsp3) is 1.00. The molecule has 3 nitrogen and oxygen atoms in total. The molecule has 0 aliphatic carbocycles. The minimum absolute atomic E-state index is 0.140. The molecule has 0 amide bonds. The van der Waals surface area contributed by atoms with Gasteiger partial charge in [0.15, 0.2) is 0 Å². The van der Waals surface area contributed by atoms with E-state index in [1.54, 1.807) is 7.11 Å². The Morgan fingerprint density at radius 3 is 2.77 bits per heavy atom. The van der Waals surface area contributed by atoms with E-state index in [0.29, 0.717) is 6.61 Å². The maximum Gasteiger partial charge on any atom is 0.0927 e. The summed E-state index contributed by atoms with van der Waals surface area (Å²) in [6.07, 6.45) is 1.93. The first-order valence-corrected chi connectivity index (χ1v) is 4.92. The normalized spacial score (nSPS) is 30.9. The van der Waals surface area contributed by atoms with Gasteiger partial charge in [-0.3, -0.25) is 0 Å². The Hall–Kier alpha value is -0.120. The van der Waals surface area contributed by atoms with Crippen LogP contribution < -0.4 is 0 Å². The van der Waals surface area contributed by atoms with Gasteiger partial charge in [0.05, 0.1) is 18.3 Å². The van der Waals surface area contributed by atoms with Crippen LogP contribution >= 0.6 is 0 Å². The van der Waals surface area contributed by atoms with E-state index in [-0.39, 0.29) is 12.0 Å². The molecule has 0 aromatic rings. The molecule has 13 heavy (non-hydrogen) atoms. The molecule has 3 atom stereocenters. The number of rotatable bonds is 3. The zero-order chi connectivity index (χ0) is 9.90. The van der Waals surface area contributed by atoms with Crippen LogP contribution in [-0.2, 0) is 9.47 Å². The van der Waals surface area contributed by atoms with Gasteiger partial charge in [-0.25, -0.2) is 0 Å². The topological polar surface area (TPSA) is 38.7 Å². The van der Waals surface area contributed by atoms with Crippen molar-refractivity contribution in [3.05, 3.63) is 0 Å². The van der Waals surface area contributed by atoms with Crippen molar-refractivity contribution in [2.24, 2.45) is 5.92 Å². The second-order valence-corrected chi connectivity index (χ2v) is 4.02. The van der Waals surface area contributed by atoms with Crippen molar-refractivity contribution < 1.29 is 14.6 Å². The number of ether oxygens (including phenoxy) is 2. The molecule has 0 aromatic carbocycles. The number of hydrogen-bond donors (Lipinski definition) is 1. The summed E-state index contributed by atoms with van der Waals surface area (Å²) in [6, 6.07) is 0. The van der Waals surface area contributed by atoms with Crippen LogP contribution in [0.25, 0.3) is 0 Å². The van der Waals surface area contributed by atoms with Gasteiger partial charge >= 0.3 is 0 Å². The second-order valence-electron chi connectivity index (χ2n) is 4.02. The molecule has 0 aromatic heterocycles. The Kier molecular flexibility index (Phi) is 3.71. The van der Waals surface area contributed by atoms with Crippen LogP contribution in [0, 0.1) is 5.92 Å². The van der Waals surface area contributed by atoms with Crippen LogP contribution in [0.2, 0.25) is 0 Å². The highest BCUT2D eigenvalue weighted by atomic mass is 16.5. The largest absolute Gasteiger partial charge is 0.387 e. The highest BCUT2D eigenvalue weighted by Gasteiger charge is 2.38. The molecule has 0 radical (unpaired) electrons. The number of aliphatic hydroxyl groups is 1. The monoisotopic (exact) mass is 188 g/mol. The lowest BCUT2D eigenvalue weighted by Gasteiger charge is -2.38. The van der Waals surface area contributed by atoms with Gasteiger partial charge in [0.25, 0.3) is 0 Å². The maximum atomic E-state index is 10.2. The smallest absolute Gasteiger partial charge is 0.0927 e. The zero-order valence-corrected chi connectivity index (χ0v) is 8.75. The third kappa shape index (κ3) is 2.42. The van der Waals surface area contributed by atoms with Crippen LogP contribution in [0.4, 0.5) is 0 Å². The molecule has 1 N–H and O–H groups in total. The minimum atomic E-state index is -0.769. The van der Waals surface area contributed by atoms with Gasteiger partial charge in [-0.2, -0.15) is 0 Å². The van der Waals surface area contributed by atoms with Gasteiger partial charge in [-0.05, 0) is 26.7 Å². The molecule has 1 heterocycles. The Morgan fingerprint density at radius 2 is 2.31 bits per heavy atom. The quantitative estimate of drug-likeness (QED) is 0.723. The molecule has 1 saturated heterocycles. The van der Waals surface area contributed by atoms with Gasteiger partial charge in [0, 0.05) is 19.6 Å². The summed E-state index contributed by atoms with van der Waals surface area (Å²) in [6.45, 7) is 5.21. The van der Waals surface area contributed by atoms with Gasteiger partial charge in [0.1, 0.15) is 0 Å². The predicted molar refractivity (Wildman–Crippen MR) is 50.6 cm³/mol. The first-order valence-electron chi connectivity index (χ1n) is 4.92. The van der Waals surface area contributed by atoms with E-state index in [1.807, 2.05) is 13.8 Å². The fourth-order valence-corrected chi connectivity index (χ4v) is 1.77. The molecular formula is C10H20O3. The van der Waals surface area contributed by atoms with Crippen molar-refractivity contribution in [3.63, 3.8) is 0 Å². The van der Waals surface area contributed by atoms with Crippen molar-refractivity contribution >= 4 is 0 Å². The van der Waals surface area contributed by atoms with E-state index in [4.69, 9.17) is 9.47 Å². The summed E-state index contributed by atoms with van der Waals surface area (Å²) in [4.78, 5) is 0. The highest BCUT2D eigenvalue weighted by Crippen LogP contribution is 2.29. The zero-order valence-electron chi connectivity index (χ0n) is 8.75. The molecule has 1 aliphatic heterocycles. The third-order valence-electron chi connectivity index (χ3n) is 3.16. The Morgan fingerprint density at radius 1 is 1.62 bits per heavy atom. The Balaban J connectivity index is 2.55. The summed E-state index contributed by atoms with van der Waals surface area (Å²) >= 11 is 0. The molecular weight excluding hydrogens is 168 g/mol. The lowest BCUT2D eigenvalue weighted by atomic mass is 9.81. The molecule has 0 saturated carbocycles. The Bertz CT molecular complexity index is 150. The van der Waals surface area contributed by atoms with Gasteiger partial charge in [0.2, 0.25) is 0 Å². The molecule has 0 spiro atoms. The standard InChI is InChI=1S/C10H20O3/c1-8(12-3)10(2,11)9-5-4-6-13-7-9/h8-9,11H,4-7H2,1-3H3. The maximum absolute atomic E-state index is 10.2. The number of methoxy groups -OCH3 is 1.